The van der Waals surface area contributed by atoms with Crippen LogP contribution in [0.15, 0.2) is 23.8 Å². The van der Waals surface area contributed by atoms with Gasteiger partial charge in [-0.15, -0.1) is 11.3 Å². The molecule has 1 fully saturated rings. The van der Waals surface area contributed by atoms with Crippen molar-refractivity contribution in [1.29, 1.82) is 0 Å². The molecule has 11 heteroatoms. The average Bonchev–Trinajstić information content (AvgIpc) is 3.27. The van der Waals surface area contributed by atoms with Gasteiger partial charge >= 0.3 is 6.18 Å². The van der Waals surface area contributed by atoms with Gasteiger partial charge in [0.15, 0.2) is 11.5 Å². The molecule has 6 nitrogen and oxygen atoms in total. The van der Waals surface area contributed by atoms with E-state index in [0.29, 0.717) is 22.0 Å². The molecule has 3 aromatic rings. The number of carbonyl (C=O) groups is 1. The van der Waals surface area contributed by atoms with Crippen molar-refractivity contribution in [3.63, 3.8) is 0 Å². The molecule has 1 aliphatic carbocycles. The quantitative estimate of drug-likeness (QED) is 0.647. The SMILES string of the molecule is Cc1ncsc1C(=O)Nc1ccc(-n2nc(C(F)(F)F)c(Cl)c2C2CC2)nc1. The fraction of sp³-hybridized carbons (Fsp3) is 0.294. The summed E-state index contributed by atoms with van der Waals surface area (Å²) in [6.07, 6.45) is -1.77. The summed E-state index contributed by atoms with van der Waals surface area (Å²) < 4.78 is 40.7. The highest BCUT2D eigenvalue weighted by atomic mass is 35.5. The van der Waals surface area contributed by atoms with Gasteiger partial charge in [0.1, 0.15) is 4.88 Å². The monoisotopic (exact) mass is 427 g/mol. The number of pyridine rings is 1. The lowest BCUT2D eigenvalue weighted by molar-refractivity contribution is -0.141. The Morgan fingerprint density at radius 1 is 1.32 bits per heavy atom. The van der Waals surface area contributed by atoms with Crippen LogP contribution >= 0.6 is 22.9 Å². The van der Waals surface area contributed by atoms with Crippen LogP contribution in [-0.2, 0) is 6.18 Å². The van der Waals surface area contributed by atoms with E-state index in [4.69, 9.17) is 11.6 Å². The Morgan fingerprint density at radius 2 is 2.07 bits per heavy atom. The van der Waals surface area contributed by atoms with E-state index in [-0.39, 0.29) is 22.7 Å². The van der Waals surface area contributed by atoms with Crippen LogP contribution in [0.3, 0.4) is 0 Å². The van der Waals surface area contributed by atoms with E-state index in [0.717, 1.165) is 17.5 Å². The molecule has 0 aromatic carbocycles. The number of nitrogens with zero attached hydrogens (tertiary/aromatic N) is 4. The lowest BCUT2D eigenvalue weighted by Gasteiger charge is -2.08. The van der Waals surface area contributed by atoms with Gasteiger partial charge in [-0.2, -0.15) is 18.3 Å². The number of amides is 1. The van der Waals surface area contributed by atoms with Crippen molar-refractivity contribution >= 4 is 34.5 Å². The highest BCUT2D eigenvalue weighted by molar-refractivity contribution is 7.12. The fourth-order valence-corrected chi connectivity index (χ4v) is 3.85. The molecule has 0 bridgehead atoms. The number of aryl methyl sites for hydroxylation is 1. The molecule has 0 saturated heterocycles. The molecule has 0 unspecified atom stereocenters. The fourth-order valence-electron chi connectivity index (χ4n) is 2.77. The van der Waals surface area contributed by atoms with Crippen LogP contribution in [-0.4, -0.2) is 25.7 Å². The summed E-state index contributed by atoms with van der Waals surface area (Å²) in [4.78, 5) is 20.9. The summed E-state index contributed by atoms with van der Waals surface area (Å²) in [6.45, 7) is 1.73. The van der Waals surface area contributed by atoms with Crippen LogP contribution in [0.1, 0.15) is 45.5 Å². The highest BCUT2D eigenvalue weighted by Crippen LogP contribution is 2.47. The third kappa shape index (κ3) is 3.49. The third-order valence-corrected chi connectivity index (χ3v) is 5.57. The largest absolute Gasteiger partial charge is 0.436 e. The minimum Gasteiger partial charge on any atom is -0.320 e. The van der Waals surface area contributed by atoms with E-state index >= 15 is 0 Å². The van der Waals surface area contributed by atoms with E-state index in [1.807, 2.05) is 0 Å². The van der Waals surface area contributed by atoms with Crippen LogP contribution < -0.4 is 5.32 Å². The molecule has 0 radical (unpaired) electrons. The number of hydrogen-bond acceptors (Lipinski definition) is 5. The Morgan fingerprint density at radius 3 is 2.61 bits per heavy atom. The first-order valence-electron chi connectivity index (χ1n) is 8.29. The molecule has 146 valence electrons. The van der Waals surface area contributed by atoms with Crippen molar-refractivity contribution < 1.29 is 18.0 Å². The van der Waals surface area contributed by atoms with Crippen LogP contribution in [0.5, 0.6) is 0 Å². The molecular weight excluding hydrogens is 415 g/mol. The van der Waals surface area contributed by atoms with Crippen molar-refractivity contribution in [2.24, 2.45) is 0 Å². The summed E-state index contributed by atoms with van der Waals surface area (Å²) in [6, 6.07) is 3.04. The molecule has 3 heterocycles. The molecule has 3 aromatic heterocycles. The summed E-state index contributed by atoms with van der Waals surface area (Å²) >= 11 is 7.19. The van der Waals surface area contributed by atoms with Crippen molar-refractivity contribution in [2.75, 3.05) is 5.32 Å². The average molecular weight is 428 g/mol. The second kappa shape index (κ2) is 6.85. The Bertz CT molecular complexity index is 1040. The summed E-state index contributed by atoms with van der Waals surface area (Å²) in [5, 5.41) is 5.97. The number of thiazole rings is 1. The maximum atomic E-state index is 13.2. The van der Waals surface area contributed by atoms with Crippen molar-refractivity contribution in [1.82, 2.24) is 19.7 Å². The maximum absolute atomic E-state index is 13.2. The Hall–Kier alpha value is -2.46. The number of hydrogen-bond donors (Lipinski definition) is 1. The molecule has 4 rings (SSSR count). The first kappa shape index (κ1) is 18.9. The predicted octanol–water partition coefficient (Wildman–Crippen LogP) is 4.83. The Labute approximate surface area is 166 Å². The lowest BCUT2D eigenvalue weighted by Crippen LogP contribution is -2.12. The lowest BCUT2D eigenvalue weighted by atomic mass is 10.2. The molecule has 1 N–H and O–H groups in total. The highest BCUT2D eigenvalue weighted by Gasteiger charge is 2.42. The zero-order chi connectivity index (χ0) is 20.1. The van der Waals surface area contributed by atoms with Crippen LogP contribution in [0.4, 0.5) is 18.9 Å². The summed E-state index contributed by atoms with van der Waals surface area (Å²) in [5.41, 5.74) is 1.80. The van der Waals surface area contributed by atoms with E-state index in [1.165, 1.54) is 23.6 Å². The number of nitrogens with one attached hydrogen (secondary N) is 1. The zero-order valence-electron chi connectivity index (χ0n) is 14.4. The summed E-state index contributed by atoms with van der Waals surface area (Å²) in [7, 11) is 0. The van der Waals surface area contributed by atoms with Crippen LogP contribution in [0, 0.1) is 6.92 Å². The third-order valence-electron chi connectivity index (χ3n) is 4.27. The number of carbonyl (C=O) groups excluding carboxylic acids is 1. The van der Waals surface area contributed by atoms with Gasteiger partial charge in [-0.3, -0.25) is 4.79 Å². The van der Waals surface area contributed by atoms with Gasteiger partial charge in [-0.05, 0) is 31.9 Å². The van der Waals surface area contributed by atoms with Crippen molar-refractivity contribution in [2.45, 2.75) is 31.9 Å². The molecule has 0 atom stereocenters. The number of aromatic nitrogens is 4. The molecule has 1 amide bonds. The maximum Gasteiger partial charge on any atom is 0.436 e. The van der Waals surface area contributed by atoms with Gasteiger partial charge in [0, 0.05) is 5.92 Å². The van der Waals surface area contributed by atoms with Crippen LogP contribution in [0.2, 0.25) is 5.02 Å². The van der Waals surface area contributed by atoms with Crippen molar-refractivity contribution in [3.05, 3.63) is 50.8 Å². The molecular formula is C17H13ClF3N5OS. The van der Waals surface area contributed by atoms with Gasteiger partial charge in [0.2, 0.25) is 0 Å². The molecule has 1 aliphatic rings. The van der Waals surface area contributed by atoms with Crippen molar-refractivity contribution in [3.8, 4) is 5.82 Å². The number of rotatable bonds is 4. The van der Waals surface area contributed by atoms with E-state index in [9.17, 15) is 18.0 Å². The second-order valence-electron chi connectivity index (χ2n) is 6.36. The van der Waals surface area contributed by atoms with Gasteiger partial charge in [0.05, 0.1) is 33.8 Å². The predicted molar refractivity (Wildman–Crippen MR) is 98.2 cm³/mol. The summed E-state index contributed by atoms with van der Waals surface area (Å²) in [5.74, 6) is -0.187. The zero-order valence-corrected chi connectivity index (χ0v) is 16.0. The van der Waals surface area contributed by atoms with E-state index in [2.05, 4.69) is 20.4 Å². The van der Waals surface area contributed by atoms with Gasteiger partial charge < -0.3 is 5.32 Å². The van der Waals surface area contributed by atoms with Gasteiger partial charge in [-0.25, -0.2) is 14.6 Å². The molecule has 1 saturated carbocycles. The Balaban J connectivity index is 1.62. The smallest absolute Gasteiger partial charge is 0.320 e. The minimum absolute atomic E-state index is 0.0633. The van der Waals surface area contributed by atoms with Gasteiger partial charge in [-0.1, -0.05) is 11.6 Å². The molecule has 0 spiro atoms. The standard InChI is InChI=1S/C17H13ClF3N5OS/c1-8-14(28-7-23-8)16(27)24-10-4-5-11(22-6-10)26-13(9-2-3-9)12(18)15(25-26)17(19,20)21/h4-7,9H,2-3H2,1H3,(H,24,27). The van der Waals surface area contributed by atoms with E-state index in [1.54, 1.807) is 18.5 Å². The Kier molecular flexibility index (Phi) is 4.62. The second-order valence-corrected chi connectivity index (χ2v) is 7.59. The normalized spacial score (nSPS) is 14.3. The number of halogens is 4. The molecule has 28 heavy (non-hydrogen) atoms. The number of alkyl halides is 3. The minimum atomic E-state index is -4.65. The topological polar surface area (TPSA) is 72.7 Å². The van der Waals surface area contributed by atoms with E-state index < -0.39 is 11.9 Å². The molecule has 0 aliphatic heterocycles. The first-order chi connectivity index (χ1) is 13.3. The van der Waals surface area contributed by atoms with Gasteiger partial charge in [0.25, 0.3) is 5.91 Å². The van der Waals surface area contributed by atoms with Crippen LogP contribution in [0.25, 0.3) is 5.82 Å². The number of anilines is 1. The first-order valence-corrected chi connectivity index (χ1v) is 9.55.